The molecule has 0 saturated carbocycles. The summed E-state index contributed by atoms with van der Waals surface area (Å²) in [4.78, 5) is 18.8. The van der Waals surface area contributed by atoms with Crippen LogP contribution in [0.4, 0.5) is 0 Å². The molecule has 2 aromatic carbocycles. The molecule has 1 amide bonds. The minimum atomic E-state index is -0.201. The average molecular weight is 397 g/mol. The van der Waals surface area contributed by atoms with E-state index < -0.39 is 0 Å². The Kier molecular flexibility index (Phi) is 6.16. The van der Waals surface area contributed by atoms with Crippen molar-refractivity contribution in [3.05, 3.63) is 83.2 Å². The van der Waals surface area contributed by atoms with E-state index in [2.05, 4.69) is 11.6 Å². The summed E-state index contributed by atoms with van der Waals surface area (Å²) in [7, 11) is 1.74. The van der Waals surface area contributed by atoms with Gasteiger partial charge < -0.3 is 14.1 Å². The normalized spacial score (nSPS) is 10.5. The highest BCUT2D eigenvalue weighted by atomic mass is 35.5. The maximum Gasteiger partial charge on any atom is 0.276 e. The summed E-state index contributed by atoms with van der Waals surface area (Å²) in [5, 5.41) is 0.629. The highest BCUT2D eigenvalue weighted by Gasteiger charge is 2.21. The molecule has 0 bridgehead atoms. The van der Waals surface area contributed by atoms with Crippen LogP contribution >= 0.6 is 11.6 Å². The van der Waals surface area contributed by atoms with Crippen LogP contribution < -0.4 is 4.74 Å². The van der Waals surface area contributed by atoms with Gasteiger partial charge in [-0.15, -0.1) is 0 Å². The smallest absolute Gasteiger partial charge is 0.276 e. The number of hydrogen-bond donors (Lipinski definition) is 0. The summed E-state index contributed by atoms with van der Waals surface area (Å²) in [5.74, 6) is 1.44. The number of rotatable bonds is 7. The monoisotopic (exact) mass is 396 g/mol. The Bertz CT molecular complexity index is 962. The number of aryl methyl sites for hydroxylation is 1. The Morgan fingerprint density at radius 2 is 1.89 bits per heavy atom. The maximum absolute atomic E-state index is 12.8. The number of aromatic nitrogens is 1. The quantitative estimate of drug-likeness (QED) is 0.519. The molecule has 5 nitrogen and oxygen atoms in total. The molecular formula is C22H21ClN2O3. The van der Waals surface area contributed by atoms with Crippen LogP contribution in [0.5, 0.6) is 5.75 Å². The van der Waals surface area contributed by atoms with E-state index in [1.54, 1.807) is 37.1 Å². The number of nitrogens with zero attached hydrogens (tertiary/aromatic N) is 2. The second kappa shape index (κ2) is 8.76. The van der Waals surface area contributed by atoms with Crippen molar-refractivity contribution in [2.75, 3.05) is 13.7 Å². The molecule has 1 aromatic heterocycles. The van der Waals surface area contributed by atoms with E-state index >= 15 is 0 Å². The van der Waals surface area contributed by atoms with Crippen LogP contribution in [0.25, 0.3) is 11.5 Å². The Labute approximate surface area is 169 Å². The molecule has 0 saturated heterocycles. The van der Waals surface area contributed by atoms with Gasteiger partial charge in [-0.25, -0.2) is 4.98 Å². The van der Waals surface area contributed by atoms with Gasteiger partial charge >= 0.3 is 0 Å². The van der Waals surface area contributed by atoms with Gasteiger partial charge in [-0.1, -0.05) is 36.4 Å². The van der Waals surface area contributed by atoms with Gasteiger partial charge in [-0.05, 0) is 48.9 Å². The zero-order valence-electron chi connectivity index (χ0n) is 15.8. The number of benzene rings is 2. The predicted molar refractivity (Wildman–Crippen MR) is 110 cm³/mol. The van der Waals surface area contributed by atoms with Crippen molar-refractivity contribution in [2.24, 2.45) is 0 Å². The predicted octanol–water partition coefficient (Wildman–Crippen LogP) is 5.14. The fraction of sp³-hybridized carbons (Fsp3) is 0.182. The Balaban J connectivity index is 1.71. The molecule has 0 aliphatic carbocycles. The molecule has 0 atom stereocenters. The van der Waals surface area contributed by atoms with Gasteiger partial charge in [-0.2, -0.15) is 0 Å². The molecule has 144 valence electrons. The van der Waals surface area contributed by atoms with Crippen LogP contribution in [-0.2, 0) is 6.54 Å². The van der Waals surface area contributed by atoms with Crippen molar-refractivity contribution >= 4 is 17.5 Å². The molecular weight excluding hydrogens is 376 g/mol. The molecule has 0 radical (unpaired) electrons. The van der Waals surface area contributed by atoms with Gasteiger partial charge in [0.2, 0.25) is 5.89 Å². The standard InChI is InChI=1S/C22H21ClN2O3/c1-4-13-27-19-11-5-16(6-12-19)14-25(3)22(26)20-15(2)28-21(24-20)17-7-9-18(23)10-8-17/h4-12H,1,13-14H2,2-3H3. The lowest BCUT2D eigenvalue weighted by atomic mass is 10.2. The largest absolute Gasteiger partial charge is 0.490 e. The van der Waals surface area contributed by atoms with E-state index in [0.717, 1.165) is 16.9 Å². The Hall–Kier alpha value is -3.05. The summed E-state index contributed by atoms with van der Waals surface area (Å²) in [6.07, 6.45) is 1.69. The first-order valence-corrected chi connectivity index (χ1v) is 9.17. The van der Waals surface area contributed by atoms with Gasteiger partial charge in [0.15, 0.2) is 5.69 Å². The Morgan fingerprint density at radius 1 is 1.21 bits per heavy atom. The first-order chi connectivity index (χ1) is 13.5. The van der Waals surface area contributed by atoms with Gasteiger partial charge in [0.05, 0.1) is 0 Å². The molecule has 3 aromatic rings. The molecule has 0 aliphatic heterocycles. The topological polar surface area (TPSA) is 55.6 Å². The van der Waals surface area contributed by atoms with Gasteiger partial charge in [0.25, 0.3) is 5.91 Å². The van der Waals surface area contributed by atoms with Crippen LogP contribution in [0.15, 0.2) is 65.6 Å². The maximum atomic E-state index is 12.8. The molecule has 28 heavy (non-hydrogen) atoms. The number of carbonyl (C=O) groups is 1. The molecule has 0 fully saturated rings. The number of hydrogen-bond acceptors (Lipinski definition) is 4. The Morgan fingerprint density at radius 3 is 2.54 bits per heavy atom. The minimum absolute atomic E-state index is 0.201. The van der Waals surface area contributed by atoms with E-state index in [4.69, 9.17) is 20.8 Å². The second-order valence-electron chi connectivity index (χ2n) is 6.34. The molecule has 0 unspecified atom stereocenters. The summed E-state index contributed by atoms with van der Waals surface area (Å²) in [6.45, 7) is 6.26. The van der Waals surface area contributed by atoms with Crippen LogP contribution in [-0.4, -0.2) is 29.4 Å². The molecule has 6 heteroatoms. The van der Waals surface area contributed by atoms with Gasteiger partial charge in [-0.3, -0.25) is 4.79 Å². The number of amides is 1. The zero-order chi connectivity index (χ0) is 20.1. The van der Waals surface area contributed by atoms with Crippen molar-refractivity contribution in [2.45, 2.75) is 13.5 Å². The fourth-order valence-corrected chi connectivity index (χ4v) is 2.81. The molecule has 0 aliphatic rings. The third-order valence-corrected chi connectivity index (χ3v) is 4.40. The van der Waals surface area contributed by atoms with Crippen LogP contribution in [0.2, 0.25) is 5.02 Å². The lowest BCUT2D eigenvalue weighted by molar-refractivity contribution is 0.0778. The minimum Gasteiger partial charge on any atom is -0.490 e. The molecule has 1 heterocycles. The van der Waals surface area contributed by atoms with Crippen molar-refractivity contribution in [1.82, 2.24) is 9.88 Å². The van der Waals surface area contributed by atoms with Crippen molar-refractivity contribution < 1.29 is 13.9 Å². The highest BCUT2D eigenvalue weighted by molar-refractivity contribution is 6.30. The van der Waals surface area contributed by atoms with E-state index in [1.807, 2.05) is 36.4 Å². The average Bonchev–Trinajstić information content (AvgIpc) is 3.09. The zero-order valence-corrected chi connectivity index (χ0v) is 16.6. The van der Waals surface area contributed by atoms with Crippen molar-refractivity contribution in [1.29, 1.82) is 0 Å². The first-order valence-electron chi connectivity index (χ1n) is 8.79. The van der Waals surface area contributed by atoms with Crippen LogP contribution in [0, 0.1) is 6.92 Å². The molecule has 0 spiro atoms. The number of ether oxygens (including phenoxy) is 1. The van der Waals surface area contributed by atoms with E-state index in [9.17, 15) is 4.79 Å². The second-order valence-corrected chi connectivity index (χ2v) is 6.77. The van der Waals surface area contributed by atoms with Crippen molar-refractivity contribution in [3.63, 3.8) is 0 Å². The SMILES string of the molecule is C=CCOc1ccc(CN(C)C(=O)c2nc(-c3ccc(Cl)cc3)oc2C)cc1. The third-order valence-electron chi connectivity index (χ3n) is 4.15. The van der Waals surface area contributed by atoms with E-state index in [0.29, 0.717) is 35.5 Å². The van der Waals surface area contributed by atoms with Gasteiger partial charge in [0.1, 0.15) is 18.1 Å². The lowest BCUT2D eigenvalue weighted by Crippen LogP contribution is -2.27. The third kappa shape index (κ3) is 4.61. The van der Waals surface area contributed by atoms with E-state index in [-0.39, 0.29) is 5.91 Å². The molecule has 3 rings (SSSR count). The van der Waals surface area contributed by atoms with Crippen LogP contribution in [0.1, 0.15) is 21.8 Å². The van der Waals surface area contributed by atoms with Crippen LogP contribution in [0.3, 0.4) is 0 Å². The fourth-order valence-electron chi connectivity index (χ4n) is 2.68. The van der Waals surface area contributed by atoms with E-state index in [1.165, 1.54) is 0 Å². The number of halogens is 1. The summed E-state index contributed by atoms with van der Waals surface area (Å²) < 4.78 is 11.2. The molecule has 0 N–H and O–H groups in total. The number of carbonyl (C=O) groups excluding carboxylic acids is 1. The first kappa shape index (κ1) is 19.7. The highest BCUT2D eigenvalue weighted by Crippen LogP contribution is 2.24. The van der Waals surface area contributed by atoms with Gasteiger partial charge in [0, 0.05) is 24.2 Å². The lowest BCUT2D eigenvalue weighted by Gasteiger charge is -2.16. The summed E-state index contributed by atoms with van der Waals surface area (Å²) >= 11 is 5.92. The number of oxazole rings is 1. The van der Waals surface area contributed by atoms with Crippen molar-refractivity contribution in [3.8, 4) is 17.2 Å². The summed E-state index contributed by atoms with van der Waals surface area (Å²) in [6, 6.07) is 14.7. The summed E-state index contributed by atoms with van der Waals surface area (Å²) in [5.41, 5.74) is 2.06.